The maximum atomic E-state index is 11.9. The molecule has 1 aromatic rings. The molecule has 1 amide bonds. The Hall–Kier alpha value is -1.85. The van der Waals surface area contributed by atoms with Crippen molar-refractivity contribution < 1.29 is 4.79 Å². The van der Waals surface area contributed by atoms with Crippen molar-refractivity contribution in [2.75, 3.05) is 30.8 Å². The molecule has 1 atom stereocenters. The molecular formula is C13H23N5O. The van der Waals surface area contributed by atoms with Gasteiger partial charge in [-0.1, -0.05) is 6.92 Å². The van der Waals surface area contributed by atoms with Gasteiger partial charge in [-0.25, -0.2) is 4.98 Å². The third kappa shape index (κ3) is 4.73. The molecule has 0 saturated heterocycles. The van der Waals surface area contributed by atoms with E-state index in [4.69, 9.17) is 0 Å². The number of amides is 1. The summed E-state index contributed by atoms with van der Waals surface area (Å²) >= 11 is 0. The summed E-state index contributed by atoms with van der Waals surface area (Å²) in [6.45, 7) is 7.39. The average Bonchev–Trinajstić information content (AvgIpc) is 2.43. The summed E-state index contributed by atoms with van der Waals surface area (Å²) in [5.74, 6) is 1.36. The monoisotopic (exact) mass is 265 g/mol. The van der Waals surface area contributed by atoms with Crippen LogP contribution in [0.5, 0.6) is 0 Å². The largest absolute Gasteiger partial charge is 0.369 e. The summed E-state index contributed by atoms with van der Waals surface area (Å²) < 4.78 is 0. The second-order valence-corrected chi connectivity index (χ2v) is 4.43. The molecule has 6 heteroatoms. The van der Waals surface area contributed by atoms with Gasteiger partial charge in [-0.2, -0.15) is 0 Å². The van der Waals surface area contributed by atoms with Gasteiger partial charge >= 0.3 is 0 Å². The standard InChI is InChI=1S/C13H23N5O/c1-5-7-15-11-8-14-9-12(17-11)16-10(3)13(19)18(4)6-2/h8-10H,5-7H2,1-4H3,(H2,15,16,17). The lowest BCUT2D eigenvalue weighted by molar-refractivity contribution is -0.130. The summed E-state index contributed by atoms with van der Waals surface area (Å²) in [4.78, 5) is 22.1. The van der Waals surface area contributed by atoms with E-state index in [1.165, 1.54) is 0 Å². The Labute approximate surface area is 114 Å². The van der Waals surface area contributed by atoms with Gasteiger partial charge in [-0.3, -0.25) is 9.78 Å². The van der Waals surface area contributed by atoms with Gasteiger partial charge in [0.1, 0.15) is 17.7 Å². The Balaban J connectivity index is 2.63. The van der Waals surface area contributed by atoms with Crippen molar-refractivity contribution in [3.05, 3.63) is 12.4 Å². The maximum absolute atomic E-state index is 11.9. The topological polar surface area (TPSA) is 70.2 Å². The Kier molecular flexibility index (Phi) is 6.05. The lowest BCUT2D eigenvalue weighted by atomic mass is 10.3. The summed E-state index contributed by atoms with van der Waals surface area (Å²) in [5.41, 5.74) is 0. The minimum absolute atomic E-state index is 0.0382. The third-order valence-electron chi connectivity index (χ3n) is 2.78. The number of nitrogens with one attached hydrogen (secondary N) is 2. The van der Waals surface area contributed by atoms with Gasteiger partial charge in [0.05, 0.1) is 12.4 Å². The number of anilines is 2. The highest BCUT2D eigenvalue weighted by atomic mass is 16.2. The van der Waals surface area contributed by atoms with Crippen LogP contribution < -0.4 is 10.6 Å². The van der Waals surface area contributed by atoms with E-state index in [1.54, 1.807) is 24.3 Å². The first-order valence-corrected chi connectivity index (χ1v) is 6.65. The Bertz CT molecular complexity index is 410. The zero-order chi connectivity index (χ0) is 14.3. The first-order chi connectivity index (χ1) is 9.08. The average molecular weight is 265 g/mol. The molecule has 0 aliphatic heterocycles. The van der Waals surface area contributed by atoms with Crippen LogP contribution in [-0.4, -0.2) is 47.0 Å². The number of hydrogen-bond acceptors (Lipinski definition) is 5. The quantitative estimate of drug-likeness (QED) is 0.783. The van der Waals surface area contributed by atoms with E-state index >= 15 is 0 Å². The number of carbonyl (C=O) groups excluding carboxylic acids is 1. The van der Waals surface area contributed by atoms with Crippen molar-refractivity contribution in [3.63, 3.8) is 0 Å². The highest BCUT2D eigenvalue weighted by Gasteiger charge is 2.16. The molecule has 0 aliphatic rings. The van der Waals surface area contributed by atoms with Crippen LogP contribution in [0.1, 0.15) is 27.2 Å². The van der Waals surface area contributed by atoms with Crippen LogP contribution in [0, 0.1) is 0 Å². The van der Waals surface area contributed by atoms with E-state index < -0.39 is 0 Å². The molecule has 19 heavy (non-hydrogen) atoms. The Morgan fingerprint density at radius 1 is 1.37 bits per heavy atom. The van der Waals surface area contributed by atoms with Crippen LogP contribution in [0.15, 0.2) is 12.4 Å². The first-order valence-electron chi connectivity index (χ1n) is 6.65. The molecule has 0 saturated carbocycles. The van der Waals surface area contributed by atoms with Crippen molar-refractivity contribution in [3.8, 4) is 0 Å². The maximum Gasteiger partial charge on any atom is 0.244 e. The highest BCUT2D eigenvalue weighted by Crippen LogP contribution is 2.08. The van der Waals surface area contributed by atoms with Crippen LogP contribution in [0.25, 0.3) is 0 Å². The molecule has 1 unspecified atom stereocenters. The normalized spacial score (nSPS) is 11.8. The molecular weight excluding hydrogens is 242 g/mol. The van der Waals surface area contributed by atoms with Crippen molar-refractivity contribution >= 4 is 17.5 Å². The molecule has 0 spiro atoms. The zero-order valence-electron chi connectivity index (χ0n) is 12.1. The van der Waals surface area contributed by atoms with Gasteiger partial charge < -0.3 is 15.5 Å². The summed E-state index contributed by atoms with van der Waals surface area (Å²) in [7, 11) is 1.78. The van der Waals surface area contributed by atoms with Gasteiger partial charge in [-0.15, -0.1) is 0 Å². The Morgan fingerprint density at radius 2 is 2.05 bits per heavy atom. The molecule has 0 fully saturated rings. The minimum atomic E-state index is -0.319. The van der Waals surface area contributed by atoms with Crippen LogP contribution in [0.4, 0.5) is 11.6 Å². The van der Waals surface area contributed by atoms with Gasteiger partial charge in [-0.05, 0) is 20.3 Å². The number of rotatable bonds is 7. The smallest absolute Gasteiger partial charge is 0.244 e. The van der Waals surface area contributed by atoms with Gasteiger partial charge in [0.2, 0.25) is 5.91 Å². The van der Waals surface area contributed by atoms with Crippen LogP contribution in [-0.2, 0) is 4.79 Å². The SMILES string of the molecule is CCCNc1cncc(NC(C)C(=O)N(C)CC)n1. The van der Waals surface area contributed by atoms with E-state index in [-0.39, 0.29) is 11.9 Å². The van der Waals surface area contributed by atoms with Crippen LogP contribution >= 0.6 is 0 Å². The third-order valence-corrected chi connectivity index (χ3v) is 2.78. The molecule has 1 rings (SSSR count). The highest BCUT2D eigenvalue weighted by molar-refractivity contribution is 5.83. The van der Waals surface area contributed by atoms with Crippen LogP contribution in [0.3, 0.4) is 0 Å². The second kappa shape index (κ2) is 7.56. The molecule has 0 radical (unpaired) electrons. The van der Waals surface area contributed by atoms with Gasteiger partial charge in [0.25, 0.3) is 0 Å². The lowest BCUT2D eigenvalue weighted by Crippen LogP contribution is -2.39. The molecule has 2 N–H and O–H groups in total. The number of nitrogens with zero attached hydrogens (tertiary/aromatic N) is 3. The lowest BCUT2D eigenvalue weighted by Gasteiger charge is -2.20. The van der Waals surface area contributed by atoms with Gasteiger partial charge in [0, 0.05) is 20.1 Å². The van der Waals surface area contributed by atoms with E-state index in [9.17, 15) is 4.79 Å². The van der Waals surface area contributed by atoms with Gasteiger partial charge in [0.15, 0.2) is 0 Å². The zero-order valence-corrected chi connectivity index (χ0v) is 12.1. The van der Waals surface area contributed by atoms with Crippen molar-refractivity contribution in [2.24, 2.45) is 0 Å². The molecule has 0 aliphatic carbocycles. The summed E-state index contributed by atoms with van der Waals surface area (Å²) in [5, 5.41) is 6.23. The predicted molar refractivity (Wildman–Crippen MR) is 77.2 cm³/mol. The fraction of sp³-hybridized carbons (Fsp3) is 0.615. The van der Waals surface area contributed by atoms with E-state index in [2.05, 4.69) is 27.5 Å². The van der Waals surface area contributed by atoms with E-state index in [0.717, 1.165) is 18.8 Å². The summed E-state index contributed by atoms with van der Waals surface area (Å²) in [6.07, 6.45) is 4.31. The molecule has 106 valence electrons. The van der Waals surface area contributed by atoms with E-state index in [0.29, 0.717) is 12.4 Å². The number of likely N-dealkylation sites (N-methyl/N-ethyl adjacent to an activating group) is 1. The second-order valence-electron chi connectivity index (χ2n) is 4.43. The van der Waals surface area contributed by atoms with Crippen LogP contribution in [0.2, 0.25) is 0 Å². The van der Waals surface area contributed by atoms with Crippen molar-refractivity contribution in [2.45, 2.75) is 33.2 Å². The molecule has 1 heterocycles. The Morgan fingerprint density at radius 3 is 2.68 bits per heavy atom. The minimum Gasteiger partial charge on any atom is -0.369 e. The molecule has 0 bridgehead atoms. The van der Waals surface area contributed by atoms with E-state index in [1.807, 2.05) is 13.8 Å². The summed E-state index contributed by atoms with van der Waals surface area (Å²) in [6, 6.07) is -0.319. The molecule has 0 aromatic carbocycles. The number of hydrogen-bond donors (Lipinski definition) is 2. The first kappa shape index (κ1) is 15.2. The fourth-order valence-corrected chi connectivity index (χ4v) is 1.54. The van der Waals surface area contributed by atoms with Crippen molar-refractivity contribution in [1.82, 2.24) is 14.9 Å². The number of aromatic nitrogens is 2. The predicted octanol–water partition coefficient (Wildman–Crippen LogP) is 1.58. The fourth-order valence-electron chi connectivity index (χ4n) is 1.54. The van der Waals surface area contributed by atoms with Crippen molar-refractivity contribution in [1.29, 1.82) is 0 Å². The molecule has 1 aromatic heterocycles. The molecule has 6 nitrogen and oxygen atoms in total. The number of carbonyl (C=O) groups is 1.